The fraction of sp³-hybridized carbons (Fsp3) is 0.333. The Morgan fingerprint density at radius 1 is 1.38 bits per heavy atom. The summed E-state index contributed by atoms with van der Waals surface area (Å²) >= 11 is 0. The second kappa shape index (κ2) is 3.65. The first-order valence-corrected chi connectivity index (χ1v) is 4.42. The van der Waals surface area contributed by atoms with Crippen molar-refractivity contribution in [3.8, 4) is 0 Å². The molecule has 0 aliphatic rings. The first-order valence-electron chi connectivity index (χ1n) is 4.42. The van der Waals surface area contributed by atoms with Crippen LogP contribution in [0.1, 0.15) is 26.5 Å². The average molecular weight is 176 g/mol. The summed E-state index contributed by atoms with van der Waals surface area (Å²) in [6.07, 6.45) is 2.10. The van der Waals surface area contributed by atoms with Crippen molar-refractivity contribution in [2.24, 2.45) is 0 Å². The van der Waals surface area contributed by atoms with Gasteiger partial charge in [0, 0.05) is 5.22 Å². The van der Waals surface area contributed by atoms with Gasteiger partial charge in [0.1, 0.15) is 11.2 Å². The van der Waals surface area contributed by atoms with Crippen molar-refractivity contribution in [2.45, 2.75) is 27.7 Å². The van der Waals surface area contributed by atoms with Gasteiger partial charge in [0.25, 0.3) is 0 Å². The quantitative estimate of drug-likeness (QED) is 0.639. The third-order valence-electron chi connectivity index (χ3n) is 1.80. The van der Waals surface area contributed by atoms with Crippen molar-refractivity contribution in [1.29, 1.82) is 0 Å². The minimum Gasteiger partial charge on any atom is -0.461 e. The van der Waals surface area contributed by atoms with Gasteiger partial charge >= 0.3 is 0 Å². The minimum absolute atomic E-state index is 0.902. The topological polar surface area (TPSA) is 13.1 Å². The lowest BCUT2D eigenvalue weighted by atomic mass is 10.2. The Kier molecular flexibility index (Phi) is 2.76. The van der Waals surface area contributed by atoms with E-state index in [-0.39, 0.29) is 0 Å². The van der Waals surface area contributed by atoms with Gasteiger partial charge in [0.15, 0.2) is 0 Å². The van der Waals surface area contributed by atoms with E-state index in [2.05, 4.69) is 26.5 Å². The molecular formula is C12H16O. The molecule has 1 nitrogen and oxygen atoms in total. The van der Waals surface area contributed by atoms with Crippen LogP contribution in [0.15, 0.2) is 22.1 Å². The first kappa shape index (κ1) is 9.85. The highest BCUT2D eigenvalue weighted by Crippen LogP contribution is 1.99. The van der Waals surface area contributed by atoms with Crippen molar-refractivity contribution in [1.82, 2.24) is 0 Å². The highest BCUT2D eigenvalue weighted by molar-refractivity contribution is 5.53. The largest absolute Gasteiger partial charge is 0.461 e. The number of rotatable bonds is 1. The van der Waals surface area contributed by atoms with E-state index in [0.29, 0.717) is 0 Å². The predicted molar refractivity (Wildman–Crippen MR) is 56.7 cm³/mol. The molecule has 0 atom stereocenters. The maximum atomic E-state index is 5.53. The van der Waals surface area contributed by atoms with Crippen molar-refractivity contribution >= 4 is 12.2 Å². The Labute approximate surface area is 79.1 Å². The van der Waals surface area contributed by atoms with Crippen LogP contribution in [-0.4, -0.2) is 0 Å². The summed E-state index contributed by atoms with van der Waals surface area (Å²) in [5.74, 6) is 0.918. The Hall–Kier alpha value is -1.24. The Bertz CT molecular complexity index is 428. The van der Waals surface area contributed by atoms with Crippen LogP contribution in [0.2, 0.25) is 0 Å². The average Bonchev–Trinajstić information content (AvgIpc) is 2.28. The summed E-state index contributed by atoms with van der Waals surface area (Å²) in [4.78, 5) is 0. The normalized spacial score (nSPS) is 12.6. The first-order chi connectivity index (χ1) is 6.00. The lowest BCUT2D eigenvalue weighted by Crippen LogP contribution is -2.19. The van der Waals surface area contributed by atoms with Crippen LogP contribution >= 0.6 is 0 Å². The lowest BCUT2D eigenvalue weighted by Gasteiger charge is -1.90. The van der Waals surface area contributed by atoms with Gasteiger partial charge in [0.05, 0.1) is 0 Å². The van der Waals surface area contributed by atoms with Crippen molar-refractivity contribution in [3.63, 3.8) is 0 Å². The van der Waals surface area contributed by atoms with Crippen LogP contribution in [0.25, 0.3) is 12.2 Å². The summed E-state index contributed by atoms with van der Waals surface area (Å²) in [6.45, 7) is 12.0. The Balaban J connectivity index is 3.42. The molecule has 0 unspecified atom stereocenters. The smallest absolute Gasteiger partial charge is 0.136 e. The van der Waals surface area contributed by atoms with Crippen molar-refractivity contribution in [2.75, 3.05) is 0 Å². The fourth-order valence-electron chi connectivity index (χ4n) is 1.40. The van der Waals surface area contributed by atoms with Gasteiger partial charge in [-0.1, -0.05) is 18.2 Å². The number of hydrogen-bond donors (Lipinski definition) is 0. The van der Waals surface area contributed by atoms with E-state index in [1.807, 2.05) is 19.9 Å². The monoisotopic (exact) mass is 176 g/mol. The lowest BCUT2D eigenvalue weighted by molar-refractivity contribution is 0.499. The Morgan fingerprint density at radius 3 is 2.38 bits per heavy atom. The van der Waals surface area contributed by atoms with Gasteiger partial charge in [0.2, 0.25) is 0 Å². The van der Waals surface area contributed by atoms with E-state index in [9.17, 15) is 0 Å². The number of aryl methyl sites for hydroxylation is 1. The zero-order valence-electron chi connectivity index (χ0n) is 8.77. The molecule has 0 radical (unpaired) electrons. The molecule has 70 valence electrons. The maximum Gasteiger partial charge on any atom is 0.136 e. The molecule has 1 aromatic rings. The van der Waals surface area contributed by atoms with Crippen molar-refractivity contribution in [3.05, 3.63) is 34.1 Å². The zero-order chi connectivity index (χ0) is 10.0. The molecule has 1 heterocycles. The van der Waals surface area contributed by atoms with Crippen LogP contribution in [0.4, 0.5) is 0 Å². The van der Waals surface area contributed by atoms with Crippen LogP contribution in [0, 0.1) is 6.92 Å². The molecule has 0 amide bonds. The van der Waals surface area contributed by atoms with Crippen molar-refractivity contribution < 1.29 is 4.42 Å². The molecular weight excluding hydrogens is 160 g/mol. The minimum atomic E-state index is 0.902. The summed E-state index contributed by atoms with van der Waals surface area (Å²) in [5, 5.41) is 0.965. The molecule has 0 aliphatic carbocycles. The molecule has 0 bridgehead atoms. The molecule has 1 rings (SSSR count). The van der Waals surface area contributed by atoms with Gasteiger partial charge in [-0.25, -0.2) is 0 Å². The van der Waals surface area contributed by atoms with Gasteiger partial charge in [-0.2, -0.15) is 0 Å². The number of hydrogen-bond acceptors (Lipinski definition) is 1. The summed E-state index contributed by atoms with van der Waals surface area (Å²) in [5.41, 5.74) is 3.31. The van der Waals surface area contributed by atoms with Crippen LogP contribution in [-0.2, 0) is 0 Å². The summed E-state index contributed by atoms with van der Waals surface area (Å²) < 4.78 is 5.53. The summed E-state index contributed by atoms with van der Waals surface area (Å²) in [6, 6.07) is 1.96. The van der Waals surface area contributed by atoms with Gasteiger partial charge in [-0.3, -0.25) is 0 Å². The molecule has 0 aromatic carbocycles. The standard InChI is InChI=1S/C12H16O/c1-8(2)6-9(3)12-10(4)7-11(5)13-12/h6-7H,4H2,1-3,5H3/b12-9+. The second-order valence-electron chi connectivity index (χ2n) is 3.62. The van der Waals surface area contributed by atoms with E-state index in [1.165, 1.54) is 5.57 Å². The van der Waals surface area contributed by atoms with E-state index in [1.54, 1.807) is 0 Å². The van der Waals surface area contributed by atoms with E-state index in [0.717, 1.165) is 22.0 Å². The molecule has 1 aromatic heterocycles. The van der Waals surface area contributed by atoms with Crippen LogP contribution < -0.4 is 10.6 Å². The predicted octanol–water partition coefficient (Wildman–Crippen LogP) is 2.14. The molecule has 0 saturated heterocycles. The fourth-order valence-corrected chi connectivity index (χ4v) is 1.40. The van der Waals surface area contributed by atoms with Gasteiger partial charge < -0.3 is 4.42 Å². The SMILES string of the molecule is C=c1cc(C)o/c1=C(\C)C=C(C)C. The molecule has 13 heavy (non-hydrogen) atoms. The summed E-state index contributed by atoms with van der Waals surface area (Å²) in [7, 11) is 0. The molecule has 0 aliphatic heterocycles. The number of furan rings is 1. The Morgan fingerprint density at radius 2 is 2.00 bits per heavy atom. The molecule has 0 saturated carbocycles. The van der Waals surface area contributed by atoms with E-state index >= 15 is 0 Å². The van der Waals surface area contributed by atoms with E-state index < -0.39 is 0 Å². The van der Waals surface area contributed by atoms with E-state index in [4.69, 9.17) is 4.42 Å². The highest BCUT2D eigenvalue weighted by atomic mass is 16.3. The van der Waals surface area contributed by atoms with Crippen LogP contribution in [0.5, 0.6) is 0 Å². The third-order valence-corrected chi connectivity index (χ3v) is 1.80. The number of allylic oxidation sites excluding steroid dienone is 2. The second-order valence-corrected chi connectivity index (χ2v) is 3.62. The maximum absolute atomic E-state index is 5.53. The molecule has 0 fully saturated rings. The van der Waals surface area contributed by atoms with Gasteiger partial charge in [-0.05, 0) is 39.3 Å². The molecule has 1 heteroatoms. The third kappa shape index (κ3) is 2.35. The van der Waals surface area contributed by atoms with Gasteiger partial charge in [-0.15, -0.1) is 0 Å². The van der Waals surface area contributed by atoms with Crippen LogP contribution in [0.3, 0.4) is 0 Å². The molecule has 0 N–H and O–H groups in total. The zero-order valence-corrected chi connectivity index (χ0v) is 8.77. The highest BCUT2D eigenvalue weighted by Gasteiger charge is 1.95. The molecule has 0 spiro atoms.